The fourth-order valence-corrected chi connectivity index (χ4v) is 3.03. The van der Waals surface area contributed by atoms with Crippen LogP contribution in [-0.2, 0) is 0 Å². The van der Waals surface area contributed by atoms with Crippen molar-refractivity contribution < 1.29 is 4.74 Å². The second-order valence-electron chi connectivity index (χ2n) is 5.66. The van der Waals surface area contributed by atoms with Crippen molar-refractivity contribution in [3.8, 4) is 5.75 Å². The SMILES string of the molecule is CCN1CCN(c2cc(Nc3ccc(OC)c(Cl)c3)ncn2)CC1. The van der Waals surface area contributed by atoms with Gasteiger partial charge >= 0.3 is 0 Å². The lowest BCUT2D eigenvalue weighted by Gasteiger charge is -2.34. The Kier molecular flexibility index (Phi) is 5.37. The molecule has 1 N–H and O–H groups in total. The van der Waals surface area contributed by atoms with Crippen LogP contribution in [0.15, 0.2) is 30.6 Å². The lowest BCUT2D eigenvalue weighted by molar-refractivity contribution is 0.270. The van der Waals surface area contributed by atoms with Crippen molar-refractivity contribution in [1.82, 2.24) is 14.9 Å². The molecule has 0 amide bonds. The van der Waals surface area contributed by atoms with Gasteiger partial charge in [0.15, 0.2) is 0 Å². The summed E-state index contributed by atoms with van der Waals surface area (Å²) in [5.74, 6) is 2.35. The molecule has 0 radical (unpaired) electrons. The quantitative estimate of drug-likeness (QED) is 0.897. The number of hydrogen-bond donors (Lipinski definition) is 1. The molecule has 0 spiro atoms. The van der Waals surface area contributed by atoms with Crippen LogP contribution in [0.25, 0.3) is 0 Å². The summed E-state index contributed by atoms with van der Waals surface area (Å²) >= 11 is 6.17. The van der Waals surface area contributed by atoms with Gasteiger partial charge in [0.25, 0.3) is 0 Å². The first-order valence-electron chi connectivity index (χ1n) is 8.09. The Bertz CT molecular complexity index is 688. The molecular formula is C17H22ClN5O. The minimum Gasteiger partial charge on any atom is -0.495 e. The van der Waals surface area contributed by atoms with Crippen molar-refractivity contribution >= 4 is 28.9 Å². The molecule has 0 saturated carbocycles. The molecule has 24 heavy (non-hydrogen) atoms. The molecule has 0 unspecified atom stereocenters. The van der Waals surface area contributed by atoms with E-state index in [0.717, 1.165) is 50.0 Å². The number of nitrogens with zero attached hydrogens (tertiary/aromatic N) is 4. The molecule has 128 valence electrons. The minimum absolute atomic E-state index is 0.562. The molecule has 1 aliphatic rings. The van der Waals surface area contributed by atoms with Crippen LogP contribution in [0.4, 0.5) is 17.3 Å². The van der Waals surface area contributed by atoms with E-state index >= 15 is 0 Å². The molecule has 1 fully saturated rings. The third-order valence-electron chi connectivity index (χ3n) is 4.22. The number of halogens is 1. The van der Waals surface area contributed by atoms with Crippen LogP contribution in [0.5, 0.6) is 5.75 Å². The highest BCUT2D eigenvalue weighted by Crippen LogP contribution is 2.29. The van der Waals surface area contributed by atoms with Gasteiger partial charge in [-0.15, -0.1) is 0 Å². The van der Waals surface area contributed by atoms with Gasteiger partial charge in [0.1, 0.15) is 23.7 Å². The summed E-state index contributed by atoms with van der Waals surface area (Å²) in [4.78, 5) is 13.4. The Hall–Kier alpha value is -2.05. The number of anilines is 3. The van der Waals surface area contributed by atoms with Gasteiger partial charge in [0.05, 0.1) is 12.1 Å². The average Bonchev–Trinajstić information content (AvgIpc) is 2.62. The maximum Gasteiger partial charge on any atom is 0.137 e. The van der Waals surface area contributed by atoms with E-state index in [4.69, 9.17) is 16.3 Å². The number of aromatic nitrogens is 2. The fourth-order valence-electron chi connectivity index (χ4n) is 2.77. The number of rotatable bonds is 5. The molecule has 3 rings (SSSR count). The van der Waals surface area contributed by atoms with Crippen LogP contribution in [0.1, 0.15) is 6.92 Å². The highest BCUT2D eigenvalue weighted by Gasteiger charge is 2.17. The van der Waals surface area contributed by atoms with Crippen LogP contribution < -0.4 is 15.0 Å². The molecule has 2 aromatic rings. The second kappa shape index (κ2) is 7.68. The molecular weight excluding hydrogens is 326 g/mol. The van der Waals surface area contributed by atoms with Gasteiger partial charge in [0.2, 0.25) is 0 Å². The standard InChI is InChI=1S/C17H22ClN5O/c1-3-22-6-8-23(9-7-22)17-11-16(19-12-20-17)21-13-4-5-15(24-2)14(18)10-13/h4-5,10-12H,3,6-9H2,1-2H3,(H,19,20,21). The van der Waals surface area contributed by atoms with Crippen molar-refractivity contribution in [2.24, 2.45) is 0 Å². The summed E-state index contributed by atoms with van der Waals surface area (Å²) in [5, 5.41) is 3.83. The first kappa shape index (κ1) is 16.8. The Morgan fingerprint density at radius 1 is 1.17 bits per heavy atom. The number of ether oxygens (including phenoxy) is 1. The highest BCUT2D eigenvalue weighted by atomic mass is 35.5. The van der Waals surface area contributed by atoms with E-state index in [1.807, 2.05) is 24.3 Å². The Labute approximate surface area is 147 Å². The van der Waals surface area contributed by atoms with E-state index in [-0.39, 0.29) is 0 Å². The van der Waals surface area contributed by atoms with Gasteiger partial charge in [0, 0.05) is 37.9 Å². The summed E-state index contributed by atoms with van der Waals surface area (Å²) in [5.41, 5.74) is 0.862. The van der Waals surface area contributed by atoms with E-state index in [9.17, 15) is 0 Å². The summed E-state index contributed by atoms with van der Waals surface area (Å²) in [7, 11) is 1.60. The zero-order chi connectivity index (χ0) is 16.9. The van der Waals surface area contributed by atoms with Crippen molar-refractivity contribution in [2.45, 2.75) is 6.92 Å². The topological polar surface area (TPSA) is 53.5 Å². The van der Waals surface area contributed by atoms with E-state index in [0.29, 0.717) is 10.8 Å². The van der Waals surface area contributed by atoms with E-state index < -0.39 is 0 Å². The molecule has 1 aliphatic heterocycles. The summed E-state index contributed by atoms with van der Waals surface area (Å²) in [6, 6.07) is 7.53. The van der Waals surface area contributed by atoms with Crippen molar-refractivity contribution in [3.63, 3.8) is 0 Å². The number of methoxy groups -OCH3 is 1. The first-order chi connectivity index (χ1) is 11.7. The van der Waals surface area contributed by atoms with E-state index in [1.165, 1.54) is 0 Å². The Morgan fingerprint density at radius 3 is 2.62 bits per heavy atom. The fraction of sp³-hybridized carbons (Fsp3) is 0.412. The molecule has 1 aromatic heterocycles. The van der Waals surface area contributed by atoms with Gasteiger partial charge in [-0.2, -0.15) is 0 Å². The molecule has 6 nitrogen and oxygen atoms in total. The number of nitrogens with one attached hydrogen (secondary N) is 1. The number of benzene rings is 1. The maximum absolute atomic E-state index is 6.17. The van der Waals surface area contributed by atoms with Gasteiger partial charge in [-0.3, -0.25) is 0 Å². The number of hydrogen-bond acceptors (Lipinski definition) is 6. The summed E-state index contributed by atoms with van der Waals surface area (Å²) in [6.45, 7) is 7.40. The third-order valence-corrected chi connectivity index (χ3v) is 4.52. The predicted molar refractivity (Wildman–Crippen MR) is 97.6 cm³/mol. The Balaban J connectivity index is 1.70. The van der Waals surface area contributed by atoms with E-state index in [2.05, 4.69) is 32.0 Å². The van der Waals surface area contributed by atoms with Crippen LogP contribution in [0.2, 0.25) is 5.02 Å². The molecule has 1 aromatic carbocycles. The first-order valence-corrected chi connectivity index (χ1v) is 8.47. The van der Waals surface area contributed by atoms with Crippen LogP contribution in [0, 0.1) is 0 Å². The van der Waals surface area contributed by atoms with Crippen molar-refractivity contribution in [3.05, 3.63) is 35.6 Å². The predicted octanol–water partition coefficient (Wildman–Crippen LogP) is 3.02. The molecule has 1 saturated heterocycles. The lowest BCUT2D eigenvalue weighted by Crippen LogP contribution is -2.46. The van der Waals surface area contributed by atoms with Gasteiger partial charge in [-0.25, -0.2) is 9.97 Å². The smallest absolute Gasteiger partial charge is 0.137 e. The Morgan fingerprint density at radius 2 is 1.96 bits per heavy atom. The van der Waals surface area contributed by atoms with Gasteiger partial charge < -0.3 is 19.9 Å². The third kappa shape index (κ3) is 3.88. The minimum atomic E-state index is 0.562. The monoisotopic (exact) mass is 347 g/mol. The molecule has 0 atom stereocenters. The largest absolute Gasteiger partial charge is 0.495 e. The molecule has 2 heterocycles. The molecule has 7 heteroatoms. The molecule has 0 aliphatic carbocycles. The van der Waals surface area contributed by atoms with Crippen LogP contribution >= 0.6 is 11.6 Å². The second-order valence-corrected chi connectivity index (χ2v) is 6.06. The normalized spacial score (nSPS) is 15.4. The van der Waals surface area contributed by atoms with Gasteiger partial charge in [-0.1, -0.05) is 18.5 Å². The number of piperazine rings is 1. The van der Waals surface area contributed by atoms with Gasteiger partial charge in [-0.05, 0) is 24.7 Å². The summed E-state index contributed by atoms with van der Waals surface area (Å²) < 4.78 is 5.17. The zero-order valence-electron chi connectivity index (χ0n) is 14.0. The van der Waals surface area contributed by atoms with Crippen molar-refractivity contribution in [2.75, 3.05) is 50.1 Å². The maximum atomic E-state index is 6.17. The van der Waals surface area contributed by atoms with Crippen LogP contribution in [-0.4, -0.2) is 54.7 Å². The van der Waals surface area contributed by atoms with E-state index in [1.54, 1.807) is 13.4 Å². The molecule has 0 bridgehead atoms. The average molecular weight is 348 g/mol. The number of likely N-dealkylation sites (N-methyl/N-ethyl adjacent to an activating group) is 1. The zero-order valence-corrected chi connectivity index (χ0v) is 14.8. The van der Waals surface area contributed by atoms with Crippen molar-refractivity contribution in [1.29, 1.82) is 0 Å². The van der Waals surface area contributed by atoms with Crippen LogP contribution in [0.3, 0.4) is 0 Å². The summed E-state index contributed by atoms with van der Waals surface area (Å²) in [6.07, 6.45) is 1.59. The highest BCUT2D eigenvalue weighted by molar-refractivity contribution is 6.32. The lowest BCUT2D eigenvalue weighted by atomic mass is 10.3.